The van der Waals surface area contributed by atoms with Gasteiger partial charge in [0, 0.05) is 37.4 Å². The summed E-state index contributed by atoms with van der Waals surface area (Å²) in [7, 11) is 0. The molecule has 140 valence electrons. The fraction of sp³-hybridized carbons (Fsp3) is 0.842. The first-order chi connectivity index (χ1) is 11.9. The van der Waals surface area contributed by atoms with Crippen LogP contribution in [0.1, 0.15) is 71.0 Å². The normalized spacial score (nSPS) is 19.4. The van der Waals surface area contributed by atoms with Gasteiger partial charge in [0.1, 0.15) is 0 Å². The first-order valence-corrected chi connectivity index (χ1v) is 9.76. The number of piperidine rings is 1. The average Bonchev–Trinajstić information content (AvgIpc) is 3.28. The highest BCUT2D eigenvalue weighted by atomic mass is 16.5. The van der Waals surface area contributed by atoms with Gasteiger partial charge >= 0.3 is 0 Å². The first kappa shape index (κ1) is 18.4. The lowest BCUT2D eigenvalue weighted by Gasteiger charge is -2.32. The summed E-state index contributed by atoms with van der Waals surface area (Å²) >= 11 is 0. The number of likely N-dealkylation sites (tertiary alicyclic amines) is 1. The van der Waals surface area contributed by atoms with Crippen LogP contribution in [0.25, 0.3) is 0 Å². The van der Waals surface area contributed by atoms with Crippen molar-refractivity contribution in [2.75, 3.05) is 19.6 Å². The third-order valence-electron chi connectivity index (χ3n) is 5.16. The fourth-order valence-electron chi connectivity index (χ4n) is 3.20. The highest BCUT2D eigenvalue weighted by Gasteiger charge is 2.26. The maximum absolute atomic E-state index is 12.4. The standard InChI is InChI=1S/C19H32N4O2/c1-19(2,3)18-21-16(25-22-18)5-4-6-17(24)23-11-9-15(10-12-23)20-13-14-7-8-14/h14-15,20H,4-13H2,1-3H3. The number of amides is 1. The van der Waals surface area contributed by atoms with Crippen LogP contribution in [0.15, 0.2) is 4.52 Å². The number of nitrogens with zero attached hydrogens (tertiary/aromatic N) is 3. The Morgan fingerprint density at radius 1 is 1.24 bits per heavy atom. The summed E-state index contributed by atoms with van der Waals surface area (Å²) in [6.07, 6.45) is 6.95. The molecule has 1 aromatic heterocycles. The minimum atomic E-state index is -0.102. The molecule has 0 bridgehead atoms. The highest BCUT2D eigenvalue weighted by Crippen LogP contribution is 2.28. The molecular weight excluding hydrogens is 316 g/mol. The quantitative estimate of drug-likeness (QED) is 0.820. The molecule has 2 fully saturated rings. The van der Waals surface area contributed by atoms with Crippen LogP contribution in [-0.4, -0.2) is 46.6 Å². The molecule has 1 aromatic rings. The van der Waals surface area contributed by atoms with Crippen LogP contribution in [0.4, 0.5) is 0 Å². The number of carbonyl (C=O) groups excluding carboxylic acids is 1. The largest absolute Gasteiger partial charge is 0.343 e. The van der Waals surface area contributed by atoms with E-state index in [9.17, 15) is 4.79 Å². The second-order valence-corrected chi connectivity index (χ2v) is 8.62. The molecule has 0 aromatic carbocycles. The van der Waals surface area contributed by atoms with Gasteiger partial charge in [-0.15, -0.1) is 0 Å². The van der Waals surface area contributed by atoms with Gasteiger partial charge in [0.15, 0.2) is 5.82 Å². The van der Waals surface area contributed by atoms with Crippen molar-refractivity contribution in [3.05, 3.63) is 11.7 Å². The van der Waals surface area contributed by atoms with Crippen molar-refractivity contribution in [3.8, 4) is 0 Å². The van der Waals surface area contributed by atoms with Crippen molar-refractivity contribution in [2.45, 2.75) is 77.2 Å². The number of rotatable bonds is 7. The number of aromatic nitrogens is 2. The summed E-state index contributed by atoms with van der Waals surface area (Å²) < 4.78 is 5.29. The van der Waals surface area contributed by atoms with Crippen molar-refractivity contribution in [1.82, 2.24) is 20.4 Å². The van der Waals surface area contributed by atoms with Crippen LogP contribution in [0, 0.1) is 5.92 Å². The Morgan fingerprint density at radius 2 is 1.96 bits per heavy atom. The van der Waals surface area contributed by atoms with Crippen molar-refractivity contribution < 1.29 is 9.32 Å². The molecule has 0 spiro atoms. The van der Waals surface area contributed by atoms with Crippen LogP contribution in [0.5, 0.6) is 0 Å². The number of aryl methyl sites for hydroxylation is 1. The minimum Gasteiger partial charge on any atom is -0.343 e. The Hall–Kier alpha value is -1.43. The van der Waals surface area contributed by atoms with Crippen LogP contribution in [0.2, 0.25) is 0 Å². The van der Waals surface area contributed by atoms with E-state index >= 15 is 0 Å². The second kappa shape index (κ2) is 7.85. The van der Waals surface area contributed by atoms with Crippen LogP contribution in [-0.2, 0) is 16.6 Å². The fourth-order valence-corrected chi connectivity index (χ4v) is 3.20. The molecule has 1 saturated carbocycles. The van der Waals surface area contributed by atoms with Gasteiger partial charge in [-0.05, 0) is 44.6 Å². The minimum absolute atomic E-state index is 0.102. The van der Waals surface area contributed by atoms with Gasteiger partial charge in [0.05, 0.1) is 0 Å². The molecule has 1 amide bonds. The number of hydrogen-bond donors (Lipinski definition) is 1. The summed E-state index contributed by atoms with van der Waals surface area (Å²) in [5, 5.41) is 7.69. The van der Waals surface area contributed by atoms with E-state index in [1.807, 2.05) is 4.90 Å². The van der Waals surface area contributed by atoms with E-state index in [1.165, 1.54) is 19.4 Å². The third kappa shape index (κ3) is 5.53. The van der Waals surface area contributed by atoms with Crippen LogP contribution < -0.4 is 5.32 Å². The molecular formula is C19H32N4O2. The summed E-state index contributed by atoms with van der Waals surface area (Å²) in [6, 6.07) is 0.596. The molecule has 0 unspecified atom stereocenters. The molecule has 0 radical (unpaired) electrons. The Morgan fingerprint density at radius 3 is 2.56 bits per heavy atom. The zero-order valence-corrected chi connectivity index (χ0v) is 15.9. The van der Waals surface area contributed by atoms with Gasteiger partial charge in [-0.1, -0.05) is 25.9 Å². The Labute approximate surface area is 150 Å². The first-order valence-electron chi connectivity index (χ1n) is 9.76. The molecule has 1 saturated heterocycles. The van der Waals surface area contributed by atoms with Gasteiger partial charge in [0.25, 0.3) is 0 Å². The third-order valence-corrected chi connectivity index (χ3v) is 5.16. The maximum Gasteiger partial charge on any atom is 0.226 e. The number of hydrogen-bond acceptors (Lipinski definition) is 5. The lowest BCUT2D eigenvalue weighted by molar-refractivity contribution is -0.132. The molecule has 25 heavy (non-hydrogen) atoms. The number of carbonyl (C=O) groups is 1. The SMILES string of the molecule is CC(C)(C)c1noc(CCCC(=O)N2CCC(NCC3CC3)CC2)n1. The van der Waals surface area contributed by atoms with Gasteiger partial charge in [-0.3, -0.25) is 4.79 Å². The molecule has 2 heterocycles. The van der Waals surface area contributed by atoms with Crippen molar-refractivity contribution in [3.63, 3.8) is 0 Å². The van der Waals surface area contributed by atoms with Gasteiger partial charge in [-0.25, -0.2) is 0 Å². The van der Waals surface area contributed by atoms with Gasteiger partial charge < -0.3 is 14.7 Å². The van der Waals surface area contributed by atoms with Crippen molar-refractivity contribution in [1.29, 1.82) is 0 Å². The lowest BCUT2D eigenvalue weighted by atomic mass is 9.96. The molecule has 1 N–H and O–H groups in total. The van der Waals surface area contributed by atoms with Gasteiger partial charge in [0.2, 0.25) is 11.8 Å². The Kier molecular flexibility index (Phi) is 5.77. The number of nitrogens with one attached hydrogen (secondary N) is 1. The predicted octanol–water partition coefficient (Wildman–Crippen LogP) is 2.68. The maximum atomic E-state index is 12.4. The van der Waals surface area contributed by atoms with E-state index in [2.05, 4.69) is 36.2 Å². The molecule has 6 nitrogen and oxygen atoms in total. The summed E-state index contributed by atoms with van der Waals surface area (Å²) in [5.74, 6) is 2.55. The predicted molar refractivity (Wildman–Crippen MR) is 96.3 cm³/mol. The van der Waals surface area contributed by atoms with Crippen LogP contribution >= 0.6 is 0 Å². The van der Waals surface area contributed by atoms with E-state index in [1.54, 1.807) is 0 Å². The van der Waals surface area contributed by atoms with Crippen molar-refractivity contribution in [2.24, 2.45) is 5.92 Å². The molecule has 3 rings (SSSR count). The highest BCUT2D eigenvalue weighted by molar-refractivity contribution is 5.76. The summed E-state index contributed by atoms with van der Waals surface area (Å²) in [5.41, 5.74) is -0.102. The van der Waals surface area contributed by atoms with Gasteiger partial charge in [-0.2, -0.15) is 4.98 Å². The topological polar surface area (TPSA) is 71.3 Å². The van der Waals surface area contributed by atoms with E-state index in [0.29, 0.717) is 24.8 Å². The smallest absolute Gasteiger partial charge is 0.226 e. The van der Waals surface area contributed by atoms with Crippen LogP contribution in [0.3, 0.4) is 0 Å². The van der Waals surface area contributed by atoms with Crippen molar-refractivity contribution >= 4 is 5.91 Å². The molecule has 6 heteroatoms. The molecule has 2 aliphatic rings. The Bertz CT molecular complexity index is 566. The van der Waals surface area contributed by atoms with E-state index < -0.39 is 0 Å². The Balaban J connectivity index is 1.33. The zero-order valence-electron chi connectivity index (χ0n) is 15.9. The zero-order chi connectivity index (χ0) is 17.9. The molecule has 0 atom stereocenters. The monoisotopic (exact) mass is 348 g/mol. The molecule has 1 aliphatic heterocycles. The van der Waals surface area contributed by atoms with E-state index in [4.69, 9.17) is 4.52 Å². The summed E-state index contributed by atoms with van der Waals surface area (Å²) in [4.78, 5) is 18.8. The average molecular weight is 348 g/mol. The molecule has 1 aliphatic carbocycles. The van der Waals surface area contributed by atoms with E-state index in [0.717, 1.165) is 44.1 Å². The lowest BCUT2D eigenvalue weighted by Crippen LogP contribution is -2.45. The van der Waals surface area contributed by atoms with E-state index in [-0.39, 0.29) is 11.3 Å². The second-order valence-electron chi connectivity index (χ2n) is 8.62. The summed E-state index contributed by atoms with van der Waals surface area (Å²) in [6.45, 7) is 9.13.